The van der Waals surface area contributed by atoms with E-state index in [0.717, 1.165) is 36.4 Å². The van der Waals surface area contributed by atoms with E-state index in [2.05, 4.69) is 0 Å². The van der Waals surface area contributed by atoms with Gasteiger partial charge >= 0.3 is 0 Å². The van der Waals surface area contributed by atoms with Crippen LogP contribution < -0.4 is 9.38 Å². The average molecular weight is 272 g/mol. The zero-order valence-corrected chi connectivity index (χ0v) is 9.86. The van der Waals surface area contributed by atoms with E-state index in [9.17, 15) is 0 Å². The number of hydrogen-bond donors (Lipinski definition) is 0. The molecule has 100 valence electrons. The van der Waals surface area contributed by atoms with Crippen LogP contribution in [0, 0.1) is 0 Å². The SMILES string of the molecule is [2H]c1cccc(N(C([2H])([2H])[2H])C([2H])([2H])[2H])c1-c1c([2H])cccc1[N+](C([2H])([2H])[2H])(C([2H])([2H])[2H])C([2H])([2H])[2H]. The molecule has 0 bridgehead atoms. The van der Waals surface area contributed by atoms with Crippen molar-refractivity contribution in [3.05, 3.63) is 48.5 Å². The summed E-state index contributed by atoms with van der Waals surface area (Å²) in [6.07, 6.45) is 0. The summed E-state index contributed by atoms with van der Waals surface area (Å²) in [5.74, 6) is 0. The van der Waals surface area contributed by atoms with Gasteiger partial charge in [0.1, 0.15) is 5.69 Å². The minimum Gasteiger partial charge on any atom is -0.377 e. The van der Waals surface area contributed by atoms with Crippen molar-refractivity contribution in [3.8, 4) is 11.1 Å². The lowest BCUT2D eigenvalue weighted by molar-refractivity contribution is 0.487. The van der Waals surface area contributed by atoms with Crippen LogP contribution in [0.3, 0.4) is 0 Å². The van der Waals surface area contributed by atoms with Crippen LogP contribution in [0.25, 0.3) is 11.1 Å². The summed E-state index contributed by atoms with van der Waals surface area (Å²) in [5, 5.41) is 0. The van der Waals surface area contributed by atoms with Crippen molar-refractivity contribution < 1.29 is 23.3 Å². The Kier molecular flexibility index (Phi) is 0.970. The smallest absolute Gasteiger partial charge is 0.140 e. The number of benzene rings is 2. The van der Waals surface area contributed by atoms with E-state index in [1.807, 2.05) is 0 Å². The van der Waals surface area contributed by atoms with Crippen molar-refractivity contribution in [3.63, 3.8) is 0 Å². The first-order valence-electron chi connectivity index (χ1n) is 13.8. The van der Waals surface area contributed by atoms with Crippen molar-refractivity contribution in [1.29, 1.82) is 0 Å². The molecule has 0 N–H and O–H groups in total. The van der Waals surface area contributed by atoms with Crippen LogP contribution in [-0.2, 0) is 0 Å². The Morgan fingerprint density at radius 1 is 0.947 bits per heavy atom. The number of para-hydroxylation sites is 2. The third-order valence-corrected chi connectivity index (χ3v) is 2.52. The molecule has 2 nitrogen and oxygen atoms in total. The summed E-state index contributed by atoms with van der Waals surface area (Å²) in [6, 6.07) is 4.95. The van der Waals surface area contributed by atoms with E-state index in [4.69, 9.17) is 23.3 Å². The number of nitrogens with zero attached hydrogens (tertiary/aromatic N) is 2. The maximum Gasteiger partial charge on any atom is 0.140 e. The predicted molar refractivity (Wildman–Crippen MR) is 85.8 cm³/mol. The van der Waals surface area contributed by atoms with Crippen molar-refractivity contribution in [2.24, 2.45) is 0 Å². The monoisotopic (exact) mass is 272 g/mol. The van der Waals surface area contributed by atoms with Gasteiger partial charge in [-0.05, 0) is 18.2 Å². The Morgan fingerprint density at radius 2 is 1.63 bits per heavy atom. The lowest BCUT2D eigenvalue weighted by Crippen LogP contribution is -2.35. The fraction of sp³-hybridized carbons (Fsp3) is 0.294. The second-order valence-corrected chi connectivity index (χ2v) is 3.87. The van der Waals surface area contributed by atoms with Gasteiger partial charge in [0.15, 0.2) is 0 Å². The van der Waals surface area contributed by atoms with Crippen LogP contribution in [0.15, 0.2) is 48.5 Å². The summed E-state index contributed by atoms with van der Waals surface area (Å²) in [6.45, 7) is -18.0. The summed E-state index contributed by atoms with van der Waals surface area (Å²) < 4.78 is 133. The molecule has 19 heavy (non-hydrogen) atoms. The first-order valence-corrected chi connectivity index (χ1v) is 5.30. The Balaban J connectivity index is 3.26. The largest absolute Gasteiger partial charge is 0.377 e. The summed E-state index contributed by atoms with van der Waals surface area (Å²) >= 11 is 0. The minimum atomic E-state index is -3.77. The molecule has 0 aliphatic heterocycles. The Labute approximate surface area is 140 Å². The lowest BCUT2D eigenvalue weighted by Gasteiger charge is -2.27. The first-order chi connectivity index (χ1) is 15.9. The van der Waals surface area contributed by atoms with Crippen molar-refractivity contribution in [2.75, 3.05) is 39.8 Å². The normalized spacial score (nSPS) is 27.9. The van der Waals surface area contributed by atoms with Crippen molar-refractivity contribution in [2.45, 2.75) is 0 Å². The third kappa shape index (κ3) is 2.79. The van der Waals surface area contributed by atoms with Gasteiger partial charge < -0.3 is 4.90 Å². The molecule has 2 aromatic carbocycles. The van der Waals surface area contributed by atoms with E-state index in [-0.39, 0.29) is 4.90 Å². The van der Waals surface area contributed by atoms with Gasteiger partial charge in [0, 0.05) is 39.0 Å². The molecule has 0 aromatic heterocycles. The molecule has 0 unspecified atom stereocenters. The molecule has 0 heterocycles. The van der Waals surface area contributed by atoms with Crippen LogP contribution in [0.5, 0.6) is 0 Å². The predicted octanol–water partition coefficient (Wildman–Crippen LogP) is 3.62. The fourth-order valence-electron chi connectivity index (χ4n) is 1.72. The number of anilines is 1. The molecule has 0 aliphatic rings. The van der Waals surface area contributed by atoms with E-state index < -0.39 is 73.9 Å². The van der Waals surface area contributed by atoms with E-state index >= 15 is 0 Å². The van der Waals surface area contributed by atoms with E-state index in [1.165, 1.54) is 0 Å². The molecule has 0 saturated heterocycles. The quantitative estimate of drug-likeness (QED) is 0.772. The Hall–Kier alpha value is -1.80. The molecule has 0 radical (unpaired) electrons. The second-order valence-electron chi connectivity index (χ2n) is 3.87. The van der Waals surface area contributed by atoms with E-state index in [1.54, 1.807) is 0 Å². The van der Waals surface area contributed by atoms with Gasteiger partial charge in [-0.2, -0.15) is 0 Å². The van der Waals surface area contributed by atoms with Crippen molar-refractivity contribution in [1.82, 2.24) is 4.48 Å². The molecular formula is C17H23N2+. The van der Waals surface area contributed by atoms with Gasteiger partial charge in [-0.3, -0.25) is 4.48 Å². The first kappa shape index (κ1) is 3.64. The maximum absolute atomic E-state index is 8.44. The molecule has 2 heteroatoms. The van der Waals surface area contributed by atoms with Gasteiger partial charge in [-0.1, -0.05) is 30.3 Å². The fourth-order valence-corrected chi connectivity index (χ4v) is 1.72. The van der Waals surface area contributed by atoms with Crippen LogP contribution in [0.1, 0.15) is 23.3 Å². The molecule has 0 atom stereocenters. The molecule has 0 fully saturated rings. The molecule has 0 spiro atoms. The second kappa shape index (κ2) is 5.06. The van der Waals surface area contributed by atoms with E-state index in [0.29, 0.717) is 0 Å². The third-order valence-electron chi connectivity index (χ3n) is 2.52. The topological polar surface area (TPSA) is 3.24 Å². The van der Waals surface area contributed by atoms with Gasteiger partial charge in [-0.25, -0.2) is 0 Å². The average Bonchev–Trinajstić information content (AvgIpc) is 2.57. The number of hydrogen-bond acceptors (Lipinski definition) is 1. The molecular weight excluding hydrogens is 232 g/mol. The Bertz CT molecular complexity index is 1050. The molecule has 0 aliphatic carbocycles. The summed E-state index contributed by atoms with van der Waals surface area (Å²) in [5.41, 5.74) is -2.94. The molecule has 0 saturated carbocycles. The molecule has 0 amide bonds. The standard InChI is InChI=1S/C17H23N2/c1-18(2)16-12-8-6-10-14(16)15-11-7-9-13-17(15)19(3,4)5/h6-13H,1-5H3/q+1/i1D3,2D3,3D3,4D3,5D3,10D,11D. The zero-order valence-electron chi connectivity index (χ0n) is 26.9. The highest BCUT2D eigenvalue weighted by atomic mass is 15.3. The lowest BCUT2D eigenvalue weighted by atomic mass is 10.00. The summed E-state index contributed by atoms with van der Waals surface area (Å²) in [4.78, 5) is -0.00170. The van der Waals surface area contributed by atoms with Gasteiger partial charge in [-0.15, -0.1) is 0 Å². The van der Waals surface area contributed by atoms with Gasteiger partial charge in [0.2, 0.25) is 0 Å². The molecule has 2 aromatic rings. The highest BCUT2D eigenvalue weighted by Crippen LogP contribution is 2.37. The Morgan fingerprint density at radius 3 is 2.32 bits per heavy atom. The number of quaternary nitrogens is 1. The summed E-state index contributed by atoms with van der Waals surface area (Å²) in [7, 11) is 0. The van der Waals surface area contributed by atoms with Crippen LogP contribution >= 0.6 is 0 Å². The minimum absolute atomic E-state index is 0.00170. The van der Waals surface area contributed by atoms with Crippen LogP contribution in [0.2, 0.25) is 0 Å². The van der Waals surface area contributed by atoms with Crippen LogP contribution in [-0.4, -0.2) is 34.9 Å². The highest BCUT2D eigenvalue weighted by Gasteiger charge is 2.19. The maximum atomic E-state index is 8.44. The molecule has 2 rings (SSSR count). The van der Waals surface area contributed by atoms with Gasteiger partial charge in [0.05, 0.1) is 36.0 Å². The zero-order chi connectivity index (χ0) is 28.3. The van der Waals surface area contributed by atoms with Crippen molar-refractivity contribution >= 4 is 11.4 Å². The number of rotatable bonds is 3. The van der Waals surface area contributed by atoms with Crippen LogP contribution in [0.4, 0.5) is 11.4 Å². The highest BCUT2D eigenvalue weighted by molar-refractivity contribution is 5.85. The van der Waals surface area contributed by atoms with Gasteiger partial charge in [0.25, 0.3) is 0 Å².